The van der Waals surface area contributed by atoms with E-state index in [-0.39, 0.29) is 0 Å². The summed E-state index contributed by atoms with van der Waals surface area (Å²) >= 11 is 0. The van der Waals surface area contributed by atoms with E-state index in [2.05, 4.69) is 18.2 Å². The van der Waals surface area contributed by atoms with E-state index >= 15 is 0 Å². The molecule has 0 fully saturated rings. The third kappa shape index (κ3) is 3.37. The fourth-order valence-corrected chi connectivity index (χ4v) is 2.23. The fraction of sp³-hybridized carbons (Fsp3) is 0.222. The summed E-state index contributed by atoms with van der Waals surface area (Å²) in [6.07, 6.45) is 2.11. The molecule has 0 aliphatic heterocycles. The number of allylic oxidation sites excluding steroid dienone is 1. The van der Waals surface area contributed by atoms with Crippen molar-refractivity contribution in [2.75, 3.05) is 21.3 Å². The van der Waals surface area contributed by atoms with Gasteiger partial charge in [0.15, 0.2) is 11.5 Å². The van der Waals surface area contributed by atoms with E-state index in [1.54, 1.807) is 21.3 Å². The maximum atomic E-state index is 5.50. The van der Waals surface area contributed by atoms with Crippen molar-refractivity contribution >= 4 is 11.6 Å². The van der Waals surface area contributed by atoms with Crippen molar-refractivity contribution in [3.8, 4) is 17.2 Å². The molecule has 0 aromatic heterocycles. The molecular formula is C18H20O3. The second-order valence-corrected chi connectivity index (χ2v) is 4.65. The largest absolute Gasteiger partial charge is 0.497 e. The van der Waals surface area contributed by atoms with Gasteiger partial charge in [-0.05, 0) is 24.1 Å². The van der Waals surface area contributed by atoms with Crippen molar-refractivity contribution < 1.29 is 14.2 Å². The van der Waals surface area contributed by atoms with Crippen molar-refractivity contribution in [2.45, 2.75) is 6.92 Å². The van der Waals surface area contributed by atoms with Crippen LogP contribution in [0, 0.1) is 0 Å². The van der Waals surface area contributed by atoms with Crippen LogP contribution in [0.3, 0.4) is 0 Å². The molecule has 2 aromatic carbocycles. The van der Waals surface area contributed by atoms with E-state index in [1.165, 1.54) is 0 Å². The summed E-state index contributed by atoms with van der Waals surface area (Å²) in [4.78, 5) is 0. The topological polar surface area (TPSA) is 27.7 Å². The van der Waals surface area contributed by atoms with Gasteiger partial charge < -0.3 is 14.2 Å². The van der Waals surface area contributed by atoms with Gasteiger partial charge in [-0.1, -0.05) is 36.4 Å². The molecule has 0 aliphatic carbocycles. The molecule has 3 nitrogen and oxygen atoms in total. The third-order valence-electron chi connectivity index (χ3n) is 3.30. The zero-order chi connectivity index (χ0) is 15.2. The lowest BCUT2D eigenvalue weighted by molar-refractivity contribution is 0.348. The lowest BCUT2D eigenvalue weighted by atomic mass is 10.0. The maximum Gasteiger partial charge on any atom is 0.168 e. The first-order chi connectivity index (χ1) is 10.2. The Morgan fingerprint density at radius 2 is 1.62 bits per heavy atom. The number of methoxy groups -OCH3 is 3. The summed E-state index contributed by atoms with van der Waals surface area (Å²) in [6.45, 7) is 2.05. The van der Waals surface area contributed by atoms with E-state index in [0.29, 0.717) is 11.5 Å². The van der Waals surface area contributed by atoms with Crippen LogP contribution in [-0.4, -0.2) is 21.3 Å². The molecule has 0 spiro atoms. The van der Waals surface area contributed by atoms with Gasteiger partial charge in [0, 0.05) is 11.6 Å². The minimum atomic E-state index is 0.660. The molecule has 0 saturated carbocycles. The Morgan fingerprint density at radius 3 is 2.19 bits per heavy atom. The van der Waals surface area contributed by atoms with Crippen molar-refractivity contribution in [3.05, 3.63) is 53.6 Å². The summed E-state index contributed by atoms with van der Waals surface area (Å²) in [5.41, 5.74) is 3.17. The number of rotatable bonds is 5. The molecule has 0 unspecified atom stereocenters. The minimum absolute atomic E-state index is 0.660. The van der Waals surface area contributed by atoms with E-state index in [1.807, 2.05) is 37.3 Å². The molecule has 2 rings (SSSR count). The van der Waals surface area contributed by atoms with E-state index in [4.69, 9.17) is 14.2 Å². The molecule has 0 N–H and O–H groups in total. The quantitative estimate of drug-likeness (QED) is 0.767. The molecule has 0 saturated heterocycles. The van der Waals surface area contributed by atoms with Gasteiger partial charge in [0.1, 0.15) is 5.75 Å². The normalized spacial score (nSPS) is 11.1. The van der Waals surface area contributed by atoms with Gasteiger partial charge in [0.25, 0.3) is 0 Å². The Kier molecular flexibility index (Phi) is 4.88. The Balaban J connectivity index is 2.53. The Hall–Kier alpha value is -2.42. The first-order valence-corrected chi connectivity index (χ1v) is 6.73. The lowest BCUT2D eigenvalue weighted by Gasteiger charge is -2.15. The van der Waals surface area contributed by atoms with Crippen LogP contribution in [0.1, 0.15) is 18.1 Å². The number of benzene rings is 2. The number of hydrogen-bond donors (Lipinski definition) is 0. The first kappa shape index (κ1) is 15.0. The van der Waals surface area contributed by atoms with Crippen molar-refractivity contribution in [1.82, 2.24) is 0 Å². The van der Waals surface area contributed by atoms with E-state index in [9.17, 15) is 0 Å². The molecule has 21 heavy (non-hydrogen) atoms. The summed E-state index contributed by atoms with van der Waals surface area (Å²) in [7, 11) is 4.90. The van der Waals surface area contributed by atoms with Gasteiger partial charge in [-0.15, -0.1) is 0 Å². The smallest absolute Gasteiger partial charge is 0.168 e. The lowest BCUT2D eigenvalue weighted by Crippen LogP contribution is -1.96. The first-order valence-electron chi connectivity index (χ1n) is 6.73. The van der Waals surface area contributed by atoms with Crippen LogP contribution >= 0.6 is 0 Å². The maximum absolute atomic E-state index is 5.50. The van der Waals surface area contributed by atoms with Gasteiger partial charge in [-0.25, -0.2) is 0 Å². The molecule has 0 amide bonds. The second-order valence-electron chi connectivity index (χ2n) is 4.65. The highest BCUT2D eigenvalue weighted by Crippen LogP contribution is 2.39. The molecule has 110 valence electrons. The Bertz CT molecular complexity index is 630. The Morgan fingerprint density at radius 1 is 0.905 bits per heavy atom. The molecule has 0 bridgehead atoms. The van der Waals surface area contributed by atoms with Crippen LogP contribution in [-0.2, 0) is 0 Å². The van der Waals surface area contributed by atoms with Crippen LogP contribution in [0.15, 0.2) is 42.5 Å². The molecule has 2 aromatic rings. The highest BCUT2D eigenvalue weighted by Gasteiger charge is 2.14. The fourth-order valence-electron chi connectivity index (χ4n) is 2.23. The van der Waals surface area contributed by atoms with Gasteiger partial charge in [-0.2, -0.15) is 0 Å². The summed E-state index contributed by atoms with van der Waals surface area (Å²) in [6, 6.07) is 13.9. The Labute approximate surface area is 125 Å². The molecule has 0 radical (unpaired) electrons. The molecule has 0 atom stereocenters. The molecular weight excluding hydrogens is 264 g/mol. The highest BCUT2D eigenvalue weighted by molar-refractivity contribution is 5.84. The van der Waals surface area contributed by atoms with Crippen LogP contribution in [0.2, 0.25) is 0 Å². The van der Waals surface area contributed by atoms with Crippen molar-refractivity contribution in [1.29, 1.82) is 0 Å². The predicted octanol–water partition coefficient (Wildman–Crippen LogP) is 4.27. The molecule has 3 heteroatoms. The van der Waals surface area contributed by atoms with Crippen LogP contribution in [0.5, 0.6) is 17.2 Å². The van der Waals surface area contributed by atoms with Crippen LogP contribution in [0.25, 0.3) is 11.6 Å². The van der Waals surface area contributed by atoms with E-state index in [0.717, 1.165) is 22.4 Å². The van der Waals surface area contributed by atoms with E-state index < -0.39 is 0 Å². The zero-order valence-electron chi connectivity index (χ0n) is 12.8. The van der Waals surface area contributed by atoms with Crippen molar-refractivity contribution in [2.24, 2.45) is 0 Å². The second kappa shape index (κ2) is 6.84. The van der Waals surface area contributed by atoms with Crippen molar-refractivity contribution in [3.63, 3.8) is 0 Å². The van der Waals surface area contributed by atoms with Gasteiger partial charge in [0.05, 0.1) is 21.3 Å². The predicted molar refractivity (Wildman–Crippen MR) is 86.1 cm³/mol. The van der Waals surface area contributed by atoms with Gasteiger partial charge in [-0.3, -0.25) is 0 Å². The average molecular weight is 284 g/mol. The standard InChI is InChI=1S/C18H20O3/c1-13(10-14-8-6-5-7-9-14)16-11-15(19-2)12-17(20-3)18(16)21-4/h5-12H,1-4H3/b13-10+. The summed E-state index contributed by atoms with van der Waals surface area (Å²) < 4.78 is 16.2. The minimum Gasteiger partial charge on any atom is -0.497 e. The highest BCUT2D eigenvalue weighted by atomic mass is 16.5. The summed E-state index contributed by atoms with van der Waals surface area (Å²) in [5.74, 6) is 2.11. The average Bonchev–Trinajstić information content (AvgIpc) is 2.54. The van der Waals surface area contributed by atoms with Gasteiger partial charge in [0.2, 0.25) is 0 Å². The van der Waals surface area contributed by atoms with Crippen LogP contribution < -0.4 is 14.2 Å². The zero-order valence-corrected chi connectivity index (χ0v) is 12.8. The monoisotopic (exact) mass is 284 g/mol. The molecule has 0 heterocycles. The molecule has 0 aliphatic rings. The number of hydrogen-bond acceptors (Lipinski definition) is 3. The van der Waals surface area contributed by atoms with Gasteiger partial charge >= 0.3 is 0 Å². The SMILES string of the molecule is COc1cc(OC)c(OC)c(/C(C)=C/c2ccccc2)c1. The summed E-state index contributed by atoms with van der Waals surface area (Å²) in [5, 5.41) is 0. The third-order valence-corrected chi connectivity index (χ3v) is 3.30. The number of ether oxygens (including phenoxy) is 3. The van der Waals surface area contributed by atoms with Crippen LogP contribution in [0.4, 0.5) is 0 Å².